The number of anilines is 2. The summed E-state index contributed by atoms with van der Waals surface area (Å²) in [5, 5.41) is 12.1. The number of amides is 1. The first-order chi connectivity index (χ1) is 14.1. The highest BCUT2D eigenvalue weighted by atomic mass is 35.5. The Morgan fingerprint density at radius 2 is 2.00 bits per heavy atom. The van der Waals surface area contributed by atoms with Gasteiger partial charge in [-0.1, -0.05) is 11.6 Å². The summed E-state index contributed by atoms with van der Waals surface area (Å²) in [7, 11) is 3.14. The third-order valence-electron chi connectivity index (χ3n) is 5.07. The van der Waals surface area contributed by atoms with Gasteiger partial charge in [0.25, 0.3) is 0 Å². The number of carbonyl (C=O) groups excluding carboxylic acids is 1. The average molecular weight is 416 g/mol. The van der Waals surface area contributed by atoms with Crippen LogP contribution in [-0.2, 0) is 4.79 Å². The Labute approximate surface area is 173 Å². The van der Waals surface area contributed by atoms with Gasteiger partial charge in [-0.05, 0) is 37.1 Å². The lowest BCUT2D eigenvalue weighted by molar-refractivity contribution is -0.120. The molecule has 8 nitrogen and oxygen atoms in total. The van der Waals surface area contributed by atoms with Crippen LogP contribution < -0.4 is 19.7 Å². The molecule has 2 aromatic heterocycles. The Morgan fingerprint density at radius 1 is 1.17 bits per heavy atom. The van der Waals surface area contributed by atoms with Gasteiger partial charge in [0.15, 0.2) is 17.1 Å². The molecule has 0 aliphatic carbocycles. The van der Waals surface area contributed by atoms with Crippen LogP contribution in [-0.4, -0.2) is 47.8 Å². The van der Waals surface area contributed by atoms with Crippen LogP contribution in [0.25, 0.3) is 5.65 Å². The van der Waals surface area contributed by atoms with E-state index in [1.165, 1.54) is 0 Å². The van der Waals surface area contributed by atoms with Gasteiger partial charge in [0.1, 0.15) is 0 Å². The molecule has 152 valence electrons. The molecule has 3 aromatic rings. The summed E-state index contributed by atoms with van der Waals surface area (Å²) < 4.78 is 12.4. The lowest BCUT2D eigenvalue weighted by Crippen LogP contribution is -2.41. The molecule has 1 atom stereocenters. The van der Waals surface area contributed by atoms with E-state index in [0.717, 1.165) is 25.0 Å². The first kappa shape index (κ1) is 19.3. The molecule has 0 bridgehead atoms. The van der Waals surface area contributed by atoms with E-state index < -0.39 is 0 Å². The van der Waals surface area contributed by atoms with Crippen molar-refractivity contribution in [3.05, 3.63) is 41.6 Å². The highest BCUT2D eigenvalue weighted by Crippen LogP contribution is 2.30. The molecule has 1 aliphatic heterocycles. The molecule has 1 N–H and O–H groups in total. The number of piperidine rings is 1. The number of rotatable bonds is 5. The predicted molar refractivity (Wildman–Crippen MR) is 111 cm³/mol. The quantitative estimate of drug-likeness (QED) is 0.688. The van der Waals surface area contributed by atoms with E-state index in [0.29, 0.717) is 34.7 Å². The second-order valence-corrected chi connectivity index (χ2v) is 7.36. The number of halogens is 1. The van der Waals surface area contributed by atoms with Crippen molar-refractivity contribution in [3.63, 3.8) is 0 Å². The van der Waals surface area contributed by atoms with E-state index in [2.05, 4.69) is 20.4 Å². The Hall–Kier alpha value is -3.00. The third-order valence-corrected chi connectivity index (χ3v) is 5.30. The molecule has 1 amide bonds. The normalized spacial score (nSPS) is 16.7. The molecule has 1 aromatic carbocycles. The predicted octanol–water partition coefficient (Wildman–Crippen LogP) is 3.26. The van der Waals surface area contributed by atoms with Crippen LogP contribution in [0.15, 0.2) is 36.5 Å². The zero-order chi connectivity index (χ0) is 20.4. The lowest BCUT2D eigenvalue weighted by Gasteiger charge is -2.32. The number of benzene rings is 1. The van der Waals surface area contributed by atoms with Gasteiger partial charge in [0.05, 0.1) is 25.2 Å². The van der Waals surface area contributed by atoms with Crippen molar-refractivity contribution >= 4 is 34.8 Å². The number of fused-ring (bicyclic) bond motifs is 1. The van der Waals surface area contributed by atoms with Crippen molar-refractivity contribution in [3.8, 4) is 11.5 Å². The van der Waals surface area contributed by atoms with Crippen LogP contribution in [0, 0.1) is 5.92 Å². The Balaban J connectivity index is 1.49. The van der Waals surface area contributed by atoms with Crippen LogP contribution in [0.2, 0.25) is 5.02 Å². The molecule has 4 rings (SSSR count). The molecule has 0 spiro atoms. The van der Waals surface area contributed by atoms with Gasteiger partial charge in [-0.25, -0.2) is 0 Å². The van der Waals surface area contributed by atoms with Crippen molar-refractivity contribution in [1.82, 2.24) is 14.6 Å². The van der Waals surface area contributed by atoms with E-state index in [4.69, 9.17) is 21.1 Å². The summed E-state index contributed by atoms with van der Waals surface area (Å²) in [6, 6.07) is 8.93. The van der Waals surface area contributed by atoms with Crippen molar-refractivity contribution in [2.24, 2.45) is 5.92 Å². The smallest absolute Gasteiger partial charge is 0.231 e. The van der Waals surface area contributed by atoms with Crippen molar-refractivity contribution in [2.75, 3.05) is 37.5 Å². The minimum atomic E-state index is -0.164. The summed E-state index contributed by atoms with van der Waals surface area (Å²) in [6.45, 7) is 1.37. The van der Waals surface area contributed by atoms with Crippen LogP contribution >= 0.6 is 11.6 Å². The SMILES string of the molecule is COc1ccc(NC(=O)[C@@H]2CCCN(c3nnc4ccc(Cl)cn34)C2)cc1OC. The van der Waals surface area contributed by atoms with Crippen LogP contribution in [0.3, 0.4) is 0 Å². The molecule has 1 aliphatic rings. The van der Waals surface area contributed by atoms with Crippen LogP contribution in [0.1, 0.15) is 12.8 Å². The van der Waals surface area contributed by atoms with Crippen LogP contribution in [0.5, 0.6) is 11.5 Å². The number of nitrogens with one attached hydrogen (secondary N) is 1. The standard InChI is InChI=1S/C20H22ClN5O3/c1-28-16-7-6-15(10-17(16)29-2)22-19(27)13-4-3-9-25(11-13)20-24-23-18-8-5-14(21)12-26(18)20/h5-8,10,12-13H,3-4,9,11H2,1-2H3,(H,22,27)/t13-/m1/s1. The minimum Gasteiger partial charge on any atom is -0.493 e. The zero-order valence-electron chi connectivity index (χ0n) is 16.3. The number of aromatic nitrogens is 3. The lowest BCUT2D eigenvalue weighted by atomic mass is 9.97. The van der Waals surface area contributed by atoms with E-state index in [1.54, 1.807) is 44.7 Å². The molecule has 0 saturated carbocycles. The minimum absolute atomic E-state index is 0.0335. The average Bonchev–Trinajstić information content (AvgIpc) is 3.16. The van der Waals surface area contributed by atoms with E-state index in [1.807, 2.05) is 10.5 Å². The molecular weight excluding hydrogens is 394 g/mol. The number of pyridine rings is 1. The fraction of sp³-hybridized carbons (Fsp3) is 0.350. The second-order valence-electron chi connectivity index (χ2n) is 6.92. The molecule has 9 heteroatoms. The van der Waals surface area contributed by atoms with Crippen molar-refractivity contribution in [1.29, 1.82) is 0 Å². The van der Waals surface area contributed by atoms with Crippen LogP contribution in [0.4, 0.5) is 11.6 Å². The monoisotopic (exact) mass is 415 g/mol. The topological polar surface area (TPSA) is 81.0 Å². The van der Waals surface area contributed by atoms with E-state index >= 15 is 0 Å². The number of nitrogens with zero attached hydrogens (tertiary/aromatic N) is 4. The van der Waals surface area contributed by atoms with Crippen molar-refractivity contribution in [2.45, 2.75) is 12.8 Å². The highest BCUT2D eigenvalue weighted by molar-refractivity contribution is 6.30. The largest absolute Gasteiger partial charge is 0.493 e. The summed E-state index contributed by atoms with van der Waals surface area (Å²) in [6.07, 6.45) is 3.49. The van der Waals surface area contributed by atoms with Gasteiger partial charge in [-0.15, -0.1) is 10.2 Å². The van der Waals surface area contributed by atoms with Gasteiger partial charge < -0.3 is 19.7 Å². The van der Waals surface area contributed by atoms with Crippen molar-refractivity contribution < 1.29 is 14.3 Å². The van der Waals surface area contributed by atoms with Gasteiger partial charge in [-0.3, -0.25) is 9.20 Å². The summed E-state index contributed by atoms with van der Waals surface area (Å²) >= 11 is 6.12. The molecule has 3 heterocycles. The first-order valence-corrected chi connectivity index (χ1v) is 9.75. The van der Waals surface area contributed by atoms with Gasteiger partial charge in [0, 0.05) is 31.0 Å². The number of hydrogen-bond acceptors (Lipinski definition) is 6. The van der Waals surface area contributed by atoms with Gasteiger partial charge in [-0.2, -0.15) is 0 Å². The summed E-state index contributed by atoms with van der Waals surface area (Å²) in [4.78, 5) is 15.0. The van der Waals surface area contributed by atoms with Gasteiger partial charge in [0.2, 0.25) is 11.9 Å². The fourth-order valence-corrected chi connectivity index (χ4v) is 3.76. The third kappa shape index (κ3) is 3.93. The Kier molecular flexibility index (Phi) is 5.44. The zero-order valence-corrected chi connectivity index (χ0v) is 17.0. The Bertz CT molecular complexity index is 1040. The maximum Gasteiger partial charge on any atom is 0.231 e. The molecule has 1 fully saturated rings. The molecular formula is C20H22ClN5O3. The second kappa shape index (κ2) is 8.16. The molecule has 0 unspecified atom stereocenters. The fourth-order valence-electron chi connectivity index (χ4n) is 3.60. The summed E-state index contributed by atoms with van der Waals surface area (Å²) in [5.41, 5.74) is 1.39. The number of methoxy groups -OCH3 is 2. The Morgan fingerprint density at radius 3 is 2.79 bits per heavy atom. The maximum absolute atomic E-state index is 12.9. The molecule has 1 saturated heterocycles. The number of ether oxygens (including phenoxy) is 2. The molecule has 29 heavy (non-hydrogen) atoms. The number of hydrogen-bond donors (Lipinski definition) is 1. The number of carbonyl (C=O) groups is 1. The highest BCUT2D eigenvalue weighted by Gasteiger charge is 2.28. The van der Waals surface area contributed by atoms with E-state index in [-0.39, 0.29) is 11.8 Å². The maximum atomic E-state index is 12.9. The van der Waals surface area contributed by atoms with Gasteiger partial charge >= 0.3 is 0 Å². The summed E-state index contributed by atoms with van der Waals surface area (Å²) in [5.74, 6) is 1.69. The van der Waals surface area contributed by atoms with E-state index in [9.17, 15) is 4.79 Å². The first-order valence-electron chi connectivity index (χ1n) is 9.37. The molecule has 0 radical (unpaired) electrons.